The summed E-state index contributed by atoms with van der Waals surface area (Å²) in [4.78, 5) is 24.6. The first kappa shape index (κ1) is 25.1. The van der Waals surface area contributed by atoms with Gasteiger partial charge in [-0.25, -0.2) is 0 Å². The van der Waals surface area contributed by atoms with E-state index < -0.39 is 0 Å². The average molecular weight is 507 g/mol. The van der Waals surface area contributed by atoms with Gasteiger partial charge in [-0.05, 0) is 85.8 Å². The number of fused-ring (bicyclic) bond motifs is 4. The maximum absolute atomic E-state index is 12.5. The van der Waals surface area contributed by atoms with E-state index in [1.165, 1.54) is 34.6 Å². The van der Waals surface area contributed by atoms with Gasteiger partial charge in [0.1, 0.15) is 12.7 Å². The van der Waals surface area contributed by atoms with Crippen LogP contribution in [0.2, 0.25) is 0 Å². The summed E-state index contributed by atoms with van der Waals surface area (Å²) < 4.78 is 11.3. The Hall–Kier alpha value is -2.02. The third-order valence-electron chi connectivity index (χ3n) is 7.08. The molecule has 2 amide bonds. The molecule has 0 heterocycles. The SMILES string of the molecule is C=C/C(Cl)=C\C=C\OCC(=O)NC1CCC(NC(=O)COC2C3=C4CCC(=C2CC3)C4Cl)CC1. The second kappa shape index (κ2) is 11.6. The maximum atomic E-state index is 12.5. The Morgan fingerprint density at radius 1 is 0.912 bits per heavy atom. The molecule has 3 saturated carbocycles. The summed E-state index contributed by atoms with van der Waals surface area (Å²) in [7, 11) is 0. The van der Waals surface area contributed by atoms with Crippen molar-refractivity contribution < 1.29 is 19.1 Å². The molecule has 0 atom stereocenters. The number of carbonyl (C=O) groups is 2. The summed E-state index contributed by atoms with van der Waals surface area (Å²) >= 11 is 12.3. The predicted molar refractivity (Wildman–Crippen MR) is 133 cm³/mol. The van der Waals surface area contributed by atoms with Gasteiger partial charge in [-0.3, -0.25) is 9.59 Å². The van der Waals surface area contributed by atoms with Crippen molar-refractivity contribution >= 4 is 35.0 Å². The first-order valence-corrected chi connectivity index (χ1v) is 12.8. The summed E-state index contributed by atoms with van der Waals surface area (Å²) in [5.41, 5.74) is 5.30. The fourth-order valence-electron chi connectivity index (χ4n) is 5.44. The van der Waals surface area contributed by atoms with Crippen LogP contribution in [-0.2, 0) is 19.1 Å². The molecule has 2 N–H and O–H groups in total. The van der Waals surface area contributed by atoms with E-state index >= 15 is 0 Å². The molecule has 6 nitrogen and oxygen atoms in total. The van der Waals surface area contributed by atoms with Crippen LogP contribution in [0.3, 0.4) is 0 Å². The number of allylic oxidation sites excluding steroid dienone is 6. The number of hydrogen-bond donors (Lipinski definition) is 2. The minimum atomic E-state index is -0.162. The van der Waals surface area contributed by atoms with Crippen LogP contribution in [0.4, 0.5) is 0 Å². The van der Waals surface area contributed by atoms with Crippen molar-refractivity contribution in [3.8, 4) is 0 Å². The molecule has 0 aromatic rings. The van der Waals surface area contributed by atoms with Crippen LogP contribution in [0, 0.1) is 0 Å². The van der Waals surface area contributed by atoms with Crippen molar-refractivity contribution in [2.45, 2.75) is 74.9 Å². The predicted octanol–water partition coefficient (Wildman–Crippen LogP) is 4.56. The van der Waals surface area contributed by atoms with Crippen LogP contribution >= 0.6 is 23.2 Å². The quantitative estimate of drug-likeness (QED) is 0.197. The number of alkyl halides is 1. The first-order chi connectivity index (χ1) is 16.5. The molecule has 0 spiro atoms. The molecule has 4 aliphatic carbocycles. The van der Waals surface area contributed by atoms with Crippen molar-refractivity contribution in [3.63, 3.8) is 0 Å². The molecule has 4 bridgehead atoms. The molecule has 3 fully saturated rings. The molecule has 34 heavy (non-hydrogen) atoms. The van der Waals surface area contributed by atoms with Crippen LogP contribution in [-0.4, -0.2) is 48.6 Å². The Morgan fingerprint density at radius 2 is 1.44 bits per heavy atom. The Balaban J connectivity index is 1.12. The first-order valence-electron chi connectivity index (χ1n) is 12.0. The molecular formula is C26H32Cl2N2O4. The Labute approximate surface area is 211 Å². The molecule has 4 aliphatic rings. The van der Waals surface area contributed by atoms with E-state index in [1.54, 1.807) is 12.2 Å². The zero-order valence-corrected chi connectivity index (χ0v) is 20.8. The normalized spacial score (nSPS) is 28.5. The Morgan fingerprint density at radius 3 is 2.00 bits per heavy atom. The number of halogens is 2. The largest absolute Gasteiger partial charge is 0.491 e. The minimum absolute atomic E-state index is 0.0359. The van der Waals surface area contributed by atoms with Crippen LogP contribution in [0.25, 0.3) is 0 Å². The van der Waals surface area contributed by atoms with Crippen molar-refractivity contribution in [1.29, 1.82) is 0 Å². The van der Waals surface area contributed by atoms with Crippen LogP contribution in [0.15, 0.2) is 58.4 Å². The van der Waals surface area contributed by atoms with Gasteiger partial charge in [0, 0.05) is 17.1 Å². The number of amides is 2. The van der Waals surface area contributed by atoms with E-state index in [1.807, 2.05) is 0 Å². The number of carbonyl (C=O) groups excluding carboxylic acids is 2. The molecule has 0 radical (unpaired) electrons. The highest BCUT2D eigenvalue weighted by atomic mass is 35.5. The van der Waals surface area contributed by atoms with Gasteiger partial charge in [-0.1, -0.05) is 24.3 Å². The fourth-order valence-corrected chi connectivity index (χ4v) is 6.01. The van der Waals surface area contributed by atoms with Gasteiger partial charge in [0.2, 0.25) is 5.91 Å². The van der Waals surface area contributed by atoms with E-state index in [0.29, 0.717) is 5.03 Å². The second-order valence-electron chi connectivity index (χ2n) is 9.23. The molecule has 4 rings (SSSR count). The molecule has 0 saturated heterocycles. The number of hydrogen-bond acceptors (Lipinski definition) is 4. The van der Waals surface area contributed by atoms with Gasteiger partial charge in [0.25, 0.3) is 5.91 Å². The van der Waals surface area contributed by atoms with Crippen LogP contribution < -0.4 is 10.6 Å². The molecule has 184 valence electrons. The molecule has 0 aromatic heterocycles. The van der Waals surface area contributed by atoms with Gasteiger partial charge in [0.05, 0.1) is 11.6 Å². The number of ether oxygens (including phenoxy) is 2. The lowest BCUT2D eigenvalue weighted by atomic mass is 9.91. The fraction of sp³-hybridized carbons (Fsp3) is 0.538. The summed E-state index contributed by atoms with van der Waals surface area (Å²) in [5.74, 6) is -0.237. The van der Waals surface area contributed by atoms with Crippen molar-refractivity contribution in [3.05, 3.63) is 58.4 Å². The Kier molecular flexibility index (Phi) is 8.56. The van der Waals surface area contributed by atoms with Crippen molar-refractivity contribution in [2.75, 3.05) is 13.2 Å². The molecule has 0 aliphatic heterocycles. The maximum Gasteiger partial charge on any atom is 0.258 e. The van der Waals surface area contributed by atoms with Crippen molar-refractivity contribution in [2.24, 2.45) is 0 Å². The monoisotopic (exact) mass is 506 g/mol. The third kappa shape index (κ3) is 5.96. The smallest absolute Gasteiger partial charge is 0.258 e. The van der Waals surface area contributed by atoms with Crippen LogP contribution in [0.5, 0.6) is 0 Å². The lowest BCUT2D eigenvalue weighted by molar-refractivity contribution is -0.128. The highest BCUT2D eigenvalue weighted by Crippen LogP contribution is 2.52. The highest BCUT2D eigenvalue weighted by molar-refractivity contribution is 6.31. The topological polar surface area (TPSA) is 76.7 Å². The Bertz CT molecular complexity index is 914. The summed E-state index contributed by atoms with van der Waals surface area (Å²) in [6, 6.07) is 0.207. The van der Waals surface area contributed by atoms with E-state index in [4.69, 9.17) is 32.7 Å². The van der Waals surface area contributed by atoms with Gasteiger partial charge in [-0.15, -0.1) is 11.6 Å². The van der Waals surface area contributed by atoms with E-state index in [9.17, 15) is 9.59 Å². The van der Waals surface area contributed by atoms with Crippen molar-refractivity contribution in [1.82, 2.24) is 10.6 Å². The summed E-state index contributed by atoms with van der Waals surface area (Å²) in [6.45, 7) is 3.56. The van der Waals surface area contributed by atoms with E-state index in [0.717, 1.165) is 51.4 Å². The van der Waals surface area contributed by atoms with E-state index in [-0.39, 0.29) is 48.6 Å². The summed E-state index contributed by atoms with van der Waals surface area (Å²) in [5, 5.41) is 6.65. The average Bonchev–Trinajstić information content (AvgIpc) is 3.31. The van der Waals surface area contributed by atoms with Gasteiger partial charge < -0.3 is 20.1 Å². The van der Waals surface area contributed by atoms with Crippen LogP contribution in [0.1, 0.15) is 51.4 Å². The van der Waals surface area contributed by atoms with Gasteiger partial charge >= 0.3 is 0 Å². The molecule has 8 heteroatoms. The van der Waals surface area contributed by atoms with E-state index in [2.05, 4.69) is 17.2 Å². The standard InChI is InChI=1S/C26H32Cl2N2O4/c1-2-16(27)4-3-13-33-14-23(31)29-17-5-7-18(8-6-17)30-24(32)15-34-26-21-11-12-22(26)20-10-9-19(21)25(20)28/h2-4,13,17-18,25-26H,1,5-12,14-15H2,(H,29,31)(H,30,32)/b13-3+,16-4+. The lowest BCUT2D eigenvalue weighted by Crippen LogP contribution is -2.45. The lowest BCUT2D eigenvalue weighted by Gasteiger charge is -2.30. The number of rotatable bonds is 10. The third-order valence-corrected chi connectivity index (χ3v) is 7.88. The second-order valence-corrected chi connectivity index (χ2v) is 10.1. The van der Waals surface area contributed by atoms with Gasteiger partial charge in [-0.2, -0.15) is 0 Å². The highest BCUT2D eigenvalue weighted by Gasteiger charge is 2.43. The number of nitrogens with one attached hydrogen (secondary N) is 2. The zero-order chi connectivity index (χ0) is 24.1. The van der Waals surface area contributed by atoms with Gasteiger partial charge in [0.15, 0.2) is 6.61 Å². The summed E-state index contributed by atoms with van der Waals surface area (Å²) in [6.07, 6.45) is 13.5. The molecule has 0 aromatic carbocycles. The molecule has 0 unspecified atom stereocenters. The minimum Gasteiger partial charge on any atom is -0.491 e. The molecular weight excluding hydrogens is 475 g/mol. The zero-order valence-electron chi connectivity index (χ0n) is 19.3.